The van der Waals surface area contributed by atoms with Gasteiger partial charge >= 0.3 is 6.03 Å². The molecule has 2 fully saturated rings. The number of likely N-dealkylation sites (N-methyl/N-ethyl adjacent to an activating group) is 1. The fourth-order valence-electron chi connectivity index (χ4n) is 5.23. The molecule has 10 heteroatoms. The Morgan fingerprint density at radius 3 is 2.66 bits per heavy atom. The Labute approximate surface area is 222 Å². The number of fused-ring (bicyclic) bond motifs is 1. The molecule has 1 atom stereocenters. The summed E-state index contributed by atoms with van der Waals surface area (Å²) in [5, 5.41) is 4.98. The summed E-state index contributed by atoms with van der Waals surface area (Å²) in [6.45, 7) is 4.03. The van der Waals surface area contributed by atoms with Crippen LogP contribution in [0.25, 0.3) is 0 Å². The molecule has 1 aromatic rings. The first-order valence-electron chi connectivity index (χ1n) is 12.8. The number of allylic oxidation sites excluding steroid dienone is 2. The molecular weight excluding hydrogens is 484 g/mol. The molecule has 198 valence electrons. The van der Waals surface area contributed by atoms with E-state index in [1.165, 1.54) is 0 Å². The highest BCUT2D eigenvalue weighted by Gasteiger charge is 2.48. The summed E-state index contributed by atoms with van der Waals surface area (Å²) >= 11 is 0. The van der Waals surface area contributed by atoms with E-state index < -0.39 is 17.5 Å². The molecule has 0 bridgehead atoms. The molecule has 1 aliphatic carbocycles. The minimum Gasteiger partial charge on any atom is -0.497 e. The minimum atomic E-state index is -1.54. The lowest BCUT2D eigenvalue weighted by Gasteiger charge is -2.35. The largest absolute Gasteiger partial charge is 0.497 e. The molecule has 3 heterocycles. The Hall–Kier alpha value is -4.10. The van der Waals surface area contributed by atoms with Crippen molar-refractivity contribution in [1.29, 1.82) is 0 Å². The van der Waals surface area contributed by atoms with Crippen molar-refractivity contribution in [3.8, 4) is 17.6 Å². The number of amides is 4. The van der Waals surface area contributed by atoms with Crippen molar-refractivity contribution in [1.82, 2.24) is 25.3 Å². The summed E-state index contributed by atoms with van der Waals surface area (Å²) in [6.07, 6.45) is 5.70. The molecule has 0 spiro atoms. The number of imide groups is 1. The van der Waals surface area contributed by atoms with Crippen molar-refractivity contribution in [3.05, 3.63) is 52.6 Å². The zero-order valence-electron chi connectivity index (χ0n) is 22.0. The van der Waals surface area contributed by atoms with Crippen molar-refractivity contribution in [3.63, 3.8) is 0 Å². The Balaban J connectivity index is 1.38. The average Bonchev–Trinajstić information content (AvgIpc) is 3.38. The predicted molar refractivity (Wildman–Crippen MR) is 143 cm³/mol. The van der Waals surface area contributed by atoms with E-state index in [9.17, 15) is 14.4 Å². The van der Waals surface area contributed by atoms with Gasteiger partial charge in [-0.1, -0.05) is 24.0 Å². The van der Waals surface area contributed by atoms with E-state index in [4.69, 9.17) is 4.74 Å². The van der Waals surface area contributed by atoms with E-state index in [2.05, 4.69) is 50.4 Å². The quantitative estimate of drug-likeness (QED) is 0.269. The van der Waals surface area contributed by atoms with E-state index in [-0.39, 0.29) is 12.5 Å². The Morgan fingerprint density at radius 2 is 1.97 bits per heavy atom. The molecule has 1 unspecified atom stereocenters. The number of hydrogen-bond acceptors (Lipinski definition) is 6. The third-order valence-electron chi connectivity index (χ3n) is 7.38. The van der Waals surface area contributed by atoms with Crippen LogP contribution in [0.15, 0.2) is 46.5 Å². The number of urea groups is 1. The summed E-state index contributed by atoms with van der Waals surface area (Å²) in [5.41, 5.74) is 1.69. The first-order chi connectivity index (χ1) is 18.3. The lowest BCUT2D eigenvalue weighted by molar-refractivity contribution is -0.122. The molecule has 3 aliphatic heterocycles. The van der Waals surface area contributed by atoms with Crippen LogP contribution >= 0.6 is 0 Å². The van der Waals surface area contributed by atoms with Gasteiger partial charge in [-0.05, 0) is 43.7 Å². The topological polar surface area (TPSA) is 107 Å². The second-order valence-corrected chi connectivity index (χ2v) is 9.95. The lowest BCUT2D eigenvalue weighted by Crippen LogP contribution is -2.54. The number of carbonyl (C=O) groups excluding carboxylic acids is 3. The number of amidine groups is 1. The van der Waals surface area contributed by atoms with Gasteiger partial charge in [-0.3, -0.25) is 19.9 Å². The standard InChI is InChI=1S/C28H32N6O4/c1-29-24(33-13-11-32(2)12-14-33)20-6-4-5-19(15-20)9-10-28(26(36)30-27(37)31-28)18-34-17-21-7-8-22(38-3)16-23(21)25(34)35/h6-8,15-16H,4-5,11-14,17-18H2,1-3H3,(H2,30,31,36,37). The van der Waals surface area contributed by atoms with E-state index in [1.54, 1.807) is 31.2 Å². The van der Waals surface area contributed by atoms with E-state index in [0.717, 1.165) is 61.6 Å². The van der Waals surface area contributed by atoms with Crippen LogP contribution in [0.4, 0.5) is 4.79 Å². The molecule has 0 saturated carbocycles. The average molecular weight is 517 g/mol. The first-order valence-corrected chi connectivity index (χ1v) is 12.8. The molecule has 4 amide bonds. The van der Waals surface area contributed by atoms with Gasteiger partial charge in [0.25, 0.3) is 11.8 Å². The molecule has 38 heavy (non-hydrogen) atoms. The Morgan fingerprint density at radius 1 is 1.18 bits per heavy atom. The fraction of sp³-hybridized carbons (Fsp3) is 0.429. The molecule has 5 rings (SSSR count). The van der Waals surface area contributed by atoms with E-state index in [1.807, 2.05) is 12.1 Å². The van der Waals surface area contributed by atoms with Crippen LogP contribution in [0.3, 0.4) is 0 Å². The number of nitrogens with zero attached hydrogens (tertiary/aromatic N) is 4. The third-order valence-corrected chi connectivity index (χ3v) is 7.38. The van der Waals surface area contributed by atoms with Crippen LogP contribution in [0, 0.1) is 11.8 Å². The zero-order chi connectivity index (χ0) is 26.9. The number of piperazine rings is 1. The monoisotopic (exact) mass is 516 g/mol. The summed E-state index contributed by atoms with van der Waals surface area (Å²) in [7, 11) is 5.46. The predicted octanol–water partition coefficient (Wildman–Crippen LogP) is 1.15. The molecule has 4 aliphatic rings. The number of methoxy groups -OCH3 is 1. The normalized spacial score (nSPS) is 23.8. The summed E-state index contributed by atoms with van der Waals surface area (Å²) in [5.74, 6) is 6.93. The van der Waals surface area contributed by atoms with Crippen LogP contribution in [-0.2, 0) is 11.3 Å². The van der Waals surface area contributed by atoms with Gasteiger partial charge in [0, 0.05) is 56.5 Å². The number of ether oxygens (including phenoxy) is 1. The summed E-state index contributed by atoms with van der Waals surface area (Å²) in [6, 6.07) is 4.71. The first kappa shape index (κ1) is 25.5. The van der Waals surface area contributed by atoms with Gasteiger partial charge in [0.1, 0.15) is 11.6 Å². The molecule has 0 aromatic heterocycles. The molecule has 2 N–H and O–H groups in total. The fourth-order valence-corrected chi connectivity index (χ4v) is 5.23. The van der Waals surface area contributed by atoms with Gasteiger partial charge in [-0.25, -0.2) is 4.79 Å². The smallest absolute Gasteiger partial charge is 0.323 e. The van der Waals surface area contributed by atoms with Crippen molar-refractivity contribution in [2.24, 2.45) is 4.99 Å². The van der Waals surface area contributed by atoms with Gasteiger partial charge in [0.15, 0.2) is 0 Å². The van der Waals surface area contributed by atoms with Gasteiger partial charge in [-0.2, -0.15) is 0 Å². The van der Waals surface area contributed by atoms with Crippen molar-refractivity contribution in [2.75, 3.05) is 53.9 Å². The molecule has 2 saturated heterocycles. The number of hydrogen-bond donors (Lipinski definition) is 2. The maximum Gasteiger partial charge on any atom is 0.323 e. The van der Waals surface area contributed by atoms with Crippen LogP contribution in [0.1, 0.15) is 28.8 Å². The third kappa shape index (κ3) is 4.89. The second-order valence-electron chi connectivity index (χ2n) is 9.95. The lowest BCUT2D eigenvalue weighted by atomic mass is 9.95. The highest BCUT2D eigenvalue weighted by atomic mass is 16.5. The van der Waals surface area contributed by atoms with Crippen LogP contribution in [0.5, 0.6) is 5.75 Å². The number of aliphatic imine (C=N–C) groups is 1. The van der Waals surface area contributed by atoms with Gasteiger partial charge in [0.05, 0.1) is 13.7 Å². The highest BCUT2D eigenvalue weighted by molar-refractivity contribution is 6.10. The Bertz CT molecular complexity index is 1330. The molecular formula is C28H32N6O4. The van der Waals surface area contributed by atoms with Crippen LogP contribution in [0.2, 0.25) is 0 Å². The van der Waals surface area contributed by atoms with Gasteiger partial charge in [0.2, 0.25) is 5.54 Å². The minimum absolute atomic E-state index is 0.0632. The number of nitrogens with one attached hydrogen (secondary N) is 2. The highest BCUT2D eigenvalue weighted by Crippen LogP contribution is 2.29. The maximum atomic E-state index is 13.1. The van der Waals surface area contributed by atoms with E-state index >= 15 is 0 Å². The maximum absolute atomic E-state index is 13.1. The van der Waals surface area contributed by atoms with Crippen LogP contribution < -0.4 is 15.4 Å². The van der Waals surface area contributed by atoms with Crippen molar-refractivity contribution < 1.29 is 19.1 Å². The second kappa shape index (κ2) is 10.3. The number of rotatable bonds is 4. The van der Waals surface area contributed by atoms with Crippen molar-refractivity contribution in [2.45, 2.75) is 24.9 Å². The summed E-state index contributed by atoms with van der Waals surface area (Å²) in [4.78, 5) is 49.0. The molecule has 1 aromatic carbocycles. The van der Waals surface area contributed by atoms with E-state index in [0.29, 0.717) is 17.9 Å². The molecule has 0 radical (unpaired) electrons. The number of benzene rings is 1. The molecule has 10 nitrogen and oxygen atoms in total. The Kier molecular flexibility index (Phi) is 6.95. The van der Waals surface area contributed by atoms with Gasteiger partial charge in [-0.15, -0.1) is 0 Å². The SMILES string of the molecule is CN=C(C1=CCCC(C#CC2(CN3Cc4ccc(OC)cc4C3=O)NC(=O)NC2=O)=C1)N1CCN(C)CC1. The summed E-state index contributed by atoms with van der Waals surface area (Å²) < 4.78 is 5.25. The van der Waals surface area contributed by atoms with Gasteiger partial charge < -0.3 is 24.8 Å². The zero-order valence-corrected chi connectivity index (χ0v) is 22.0. The van der Waals surface area contributed by atoms with Crippen molar-refractivity contribution >= 4 is 23.7 Å². The van der Waals surface area contributed by atoms with Crippen LogP contribution in [-0.4, -0.2) is 97.8 Å². The number of carbonyl (C=O) groups is 3.